The summed E-state index contributed by atoms with van der Waals surface area (Å²) in [5.74, 6) is 0.880. The number of nitrogens with one attached hydrogen (secondary N) is 1. The van der Waals surface area contributed by atoms with E-state index in [1.54, 1.807) is 12.1 Å². The van der Waals surface area contributed by atoms with Crippen LogP contribution in [0.4, 0.5) is 0 Å². The summed E-state index contributed by atoms with van der Waals surface area (Å²) in [6.45, 7) is 4.61. The second-order valence-electron chi connectivity index (χ2n) is 4.08. The fourth-order valence-electron chi connectivity index (χ4n) is 1.31. The first-order valence-corrected chi connectivity index (χ1v) is 5.61. The summed E-state index contributed by atoms with van der Waals surface area (Å²) in [5.41, 5.74) is 1.07. The summed E-state index contributed by atoms with van der Waals surface area (Å²) in [6, 6.07) is 5.71. The van der Waals surface area contributed by atoms with Gasteiger partial charge >= 0.3 is 0 Å². The van der Waals surface area contributed by atoms with Crippen LogP contribution in [0.25, 0.3) is 11.6 Å². The Hall–Kier alpha value is -2.26. The molecule has 2 aromatic heterocycles. The van der Waals surface area contributed by atoms with Crippen molar-refractivity contribution < 1.29 is 4.42 Å². The van der Waals surface area contributed by atoms with Crippen LogP contribution in [0.1, 0.15) is 25.3 Å². The van der Waals surface area contributed by atoms with Crippen molar-refractivity contribution in [1.82, 2.24) is 20.5 Å². The Morgan fingerprint density at radius 3 is 2.83 bits per heavy atom. The lowest BCUT2D eigenvalue weighted by Crippen LogP contribution is -2.21. The fraction of sp³-hybridized carbons (Fsp3) is 0.333. The minimum Gasteiger partial charge on any atom is -0.418 e. The number of hydrogen-bond acceptors (Lipinski definition) is 6. The number of nitriles is 1. The SMILES string of the molecule is CC(C)NCc1nnc(-c2ccc(C#N)cn2)o1. The number of aromatic nitrogens is 3. The largest absolute Gasteiger partial charge is 0.418 e. The van der Waals surface area contributed by atoms with Crippen LogP contribution in [0.3, 0.4) is 0 Å². The Labute approximate surface area is 105 Å². The molecule has 18 heavy (non-hydrogen) atoms. The highest BCUT2D eigenvalue weighted by Crippen LogP contribution is 2.15. The molecule has 0 amide bonds. The minimum atomic E-state index is 0.355. The molecule has 0 aliphatic rings. The number of pyridine rings is 1. The molecule has 0 aliphatic heterocycles. The topological polar surface area (TPSA) is 87.6 Å². The molecule has 0 saturated carbocycles. The average Bonchev–Trinajstić information content (AvgIpc) is 2.85. The van der Waals surface area contributed by atoms with Gasteiger partial charge in [0.25, 0.3) is 5.89 Å². The Kier molecular flexibility index (Phi) is 3.65. The molecule has 1 N–H and O–H groups in total. The maximum absolute atomic E-state index is 8.68. The first kappa shape index (κ1) is 12.2. The van der Waals surface area contributed by atoms with Gasteiger partial charge in [0.1, 0.15) is 11.8 Å². The zero-order valence-electron chi connectivity index (χ0n) is 10.2. The molecule has 0 radical (unpaired) electrons. The van der Waals surface area contributed by atoms with Crippen molar-refractivity contribution in [3.63, 3.8) is 0 Å². The number of nitrogens with zero attached hydrogens (tertiary/aromatic N) is 4. The highest BCUT2D eigenvalue weighted by molar-refractivity contribution is 5.47. The van der Waals surface area contributed by atoms with E-state index in [9.17, 15) is 0 Å². The molecule has 0 fully saturated rings. The van der Waals surface area contributed by atoms with Gasteiger partial charge in [0.2, 0.25) is 5.89 Å². The van der Waals surface area contributed by atoms with Crippen molar-refractivity contribution in [1.29, 1.82) is 5.26 Å². The second kappa shape index (κ2) is 5.38. The second-order valence-corrected chi connectivity index (χ2v) is 4.08. The zero-order valence-corrected chi connectivity index (χ0v) is 10.2. The Bertz CT molecular complexity index is 553. The molecule has 6 heteroatoms. The molecule has 0 bridgehead atoms. The Morgan fingerprint density at radius 1 is 1.39 bits per heavy atom. The Balaban J connectivity index is 2.11. The predicted molar refractivity (Wildman–Crippen MR) is 64.2 cm³/mol. The fourth-order valence-corrected chi connectivity index (χ4v) is 1.31. The number of hydrogen-bond donors (Lipinski definition) is 1. The average molecular weight is 243 g/mol. The highest BCUT2D eigenvalue weighted by Gasteiger charge is 2.09. The van der Waals surface area contributed by atoms with Crippen molar-refractivity contribution in [2.24, 2.45) is 0 Å². The van der Waals surface area contributed by atoms with E-state index >= 15 is 0 Å². The van der Waals surface area contributed by atoms with E-state index in [0.29, 0.717) is 35.6 Å². The van der Waals surface area contributed by atoms with Crippen molar-refractivity contribution in [3.8, 4) is 17.7 Å². The van der Waals surface area contributed by atoms with Gasteiger partial charge in [0.15, 0.2) is 0 Å². The van der Waals surface area contributed by atoms with Crippen LogP contribution in [-0.2, 0) is 6.54 Å². The van der Waals surface area contributed by atoms with Crippen molar-refractivity contribution >= 4 is 0 Å². The minimum absolute atomic E-state index is 0.355. The highest BCUT2D eigenvalue weighted by atomic mass is 16.4. The molecule has 0 spiro atoms. The first-order chi connectivity index (χ1) is 8.69. The molecule has 0 aliphatic carbocycles. The van der Waals surface area contributed by atoms with Crippen LogP contribution < -0.4 is 5.32 Å². The van der Waals surface area contributed by atoms with Crippen LogP contribution in [0.2, 0.25) is 0 Å². The summed E-state index contributed by atoms with van der Waals surface area (Å²) >= 11 is 0. The molecule has 0 aromatic carbocycles. The van der Waals surface area contributed by atoms with Crippen LogP contribution in [0.15, 0.2) is 22.7 Å². The van der Waals surface area contributed by atoms with Crippen molar-refractivity contribution in [2.45, 2.75) is 26.4 Å². The molecule has 6 nitrogen and oxygen atoms in total. The summed E-state index contributed by atoms with van der Waals surface area (Å²) in [5, 5.41) is 19.7. The summed E-state index contributed by atoms with van der Waals surface area (Å²) in [7, 11) is 0. The first-order valence-electron chi connectivity index (χ1n) is 5.61. The molecular formula is C12H13N5O. The lowest BCUT2D eigenvalue weighted by atomic mass is 10.3. The van der Waals surface area contributed by atoms with Crippen molar-refractivity contribution in [3.05, 3.63) is 29.8 Å². The van der Waals surface area contributed by atoms with E-state index in [-0.39, 0.29) is 0 Å². The van der Waals surface area contributed by atoms with Gasteiger partial charge in [-0.1, -0.05) is 13.8 Å². The van der Waals surface area contributed by atoms with Crippen LogP contribution in [0, 0.1) is 11.3 Å². The number of rotatable bonds is 4. The van der Waals surface area contributed by atoms with Crippen LogP contribution >= 0.6 is 0 Å². The summed E-state index contributed by atoms with van der Waals surface area (Å²) in [6.07, 6.45) is 1.48. The van der Waals surface area contributed by atoms with E-state index < -0.39 is 0 Å². The van der Waals surface area contributed by atoms with Gasteiger partial charge in [-0.05, 0) is 12.1 Å². The lowest BCUT2D eigenvalue weighted by Gasteiger charge is -2.03. The quantitative estimate of drug-likeness (QED) is 0.875. The molecule has 2 aromatic rings. The summed E-state index contributed by atoms with van der Waals surface area (Å²) in [4.78, 5) is 4.09. The lowest BCUT2D eigenvalue weighted by molar-refractivity contribution is 0.458. The third-order valence-corrected chi connectivity index (χ3v) is 2.24. The zero-order chi connectivity index (χ0) is 13.0. The van der Waals surface area contributed by atoms with Crippen LogP contribution in [-0.4, -0.2) is 21.2 Å². The van der Waals surface area contributed by atoms with E-state index in [1.165, 1.54) is 6.20 Å². The van der Waals surface area contributed by atoms with Gasteiger partial charge in [0.05, 0.1) is 12.1 Å². The van der Waals surface area contributed by atoms with E-state index in [1.807, 2.05) is 19.9 Å². The van der Waals surface area contributed by atoms with Crippen LogP contribution in [0.5, 0.6) is 0 Å². The normalized spacial score (nSPS) is 10.6. The molecule has 0 saturated heterocycles. The van der Waals surface area contributed by atoms with Gasteiger partial charge in [-0.15, -0.1) is 10.2 Å². The van der Waals surface area contributed by atoms with E-state index in [0.717, 1.165) is 0 Å². The molecule has 2 heterocycles. The molecule has 2 rings (SSSR count). The maximum atomic E-state index is 8.68. The van der Waals surface area contributed by atoms with Gasteiger partial charge in [-0.25, -0.2) is 4.98 Å². The molecular weight excluding hydrogens is 230 g/mol. The monoisotopic (exact) mass is 243 g/mol. The van der Waals surface area contributed by atoms with Gasteiger partial charge in [-0.2, -0.15) is 5.26 Å². The summed E-state index contributed by atoms with van der Waals surface area (Å²) < 4.78 is 5.46. The molecule has 0 atom stereocenters. The molecule has 92 valence electrons. The van der Waals surface area contributed by atoms with Crippen molar-refractivity contribution in [2.75, 3.05) is 0 Å². The maximum Gasteiger partial charge on any atom is 0.266 e. The third kappa shape index (κ3) is 2.90. The van der Waals surface area contributed by atoms with E-state index in [2.05, 4.69) is 20.5 Å². The predicted octanol–water partition coefficient (Wildman–Crippen LogP) is 1.50. The third-order valence-electron chi connectivity index (χ3n) is 2.24. The smallest absolute Gasteiger partial charge is 0.266 e. The molecule has 0 unspecified atom stereocenters. The van der Waals surface area contributed by atoms with Gasteiger partial charge in [0, 0.05) is 12.2 Å². The van der Waals surface area contributed by atoms with Gasteiger partial charge in [-0.3, -0.25) is 0 Å². The standard InChI is InChI=1S/C12H13N5O/c1-8(2)14-7-11-16-17-12(18-11)10-4-3-9(5-13)6-15-10/h3-4,6,8,14H,7H2,1-2H3. The van der Waals surface area contributed by atoms with Gasteiger partial charge < -0.3 is 9.73 Å². The Morgan fingerprint density at radius 2 is 2.22 bits per heavy atom. The van der Waals surface area contributed by atoms with E-state index in [4.69, 9.17) is 9.68 Å².